The van der Waals surface area contributed by atoms with Crippen molar-refractivity contribution in [1.82, 2.24) is 5.32 Å². The fraction of sp³-hybridized carbons (Fsp3) is 1.00. The third-order valence-corrected chi connectivity index (χ3v) is 3.95. The second-order valence-corrected chi connectivity index (χ2v) is 4.76. The molecule has 1 heterocycles. The minimum atomic E-state index is 0.707. The molecule has 0 spiro atoms. The molecule has 1 rings (SSSR count). The van der Waals surface area contributed by atoms with Crippen molar-refractivity contribution in [2.75, 3.05) is 20.3 Å². The summed E-state index contributed by atoms with van der Waals surface area (Å²) in [5, 5.41) is 3.52. The Hall–Kier alpha value is -0.0800. The molecule has 15 heavy (non-hydrogen) atoms. The van der Waals surface area contributed by atoms with Gasteiger partial charge < -0.3 is 10.1 Å². The molecule has 1 N–H and O–H groups in total. The summed E-state index contributed by atoms with van der Waals surface area (Å²) in [7, 11) is 2.11. The average molecular weight is 213 g/mol. The first-order valence-electron chi connectivity index (χ1n) is 6.56. The van der Waals surface area contributed by atoms with Crippen LogP contribution >= 0.6 is 0 Å². The minimum absolute atomic E-state index is 0.707. The van der Waals surface area contributed by atoms with Crippen LogP contribution in [0.4, 0.5) is 0 Å². The fourth-order valence-electron chi connectivity index (χ4n) is 2.65. The van der Waals surface area contributed by atoms with Crippen molar-refractivity contribution in [2.45, 2.75) is 52.0 Å². The fourth-order valence-corrected chi connectivity index (χ4v) is 2.65. The zero-order valence-corrected chi connectivity index (χ0v) is 10.6. The number of nitrogens with one attached hydrogen (secondary N) is 1. The van der Waals surface area contributed by atoms with Gasteiger partial charge in [-0.2, -0.15) is 0 Å². The van der Waals surface area contributed by atoms with Crippen LogP contribution in [0.25, 0.3) is 0 Å². The quantitative estimate of drug-likeness (QED) is 0.732. The SMILES string of the molecule is CCC(CC)CC(NC)C1CCOCC1. The highest BCUT2D eigenvalue weighted by atomic mass is 16.5. The lowest BCUT2D eigenvalue weighted by Crippen LogP contribution is -2.38. The number of hydrogen-bond acceptors (Lipinski definition) is 2. The Morgan fingerprint density at radius 2 is 1.80 bits per heavy atom. The van der Waals surface area contributed by atoms with Gasteiger partial charge in [0.2, 0.25) is 0 Å². The molecule has 0 bridgehead atoms. The number of hydrogen-bond donors (Lipinski definition) is 1. The Morgan fingerprint density at radius 1 is 1.20 bits per heavy atom. The maximum atomic E-state index is 5.42. The van der Waals surface area contributed by atoms with E-state index in [1.54, 1.807) is 0 Å². The van der Waals surface area contributed by atoms with Crippen molar-refractivity contribution in [3.05, 3.63) is 0 Å². The van der Waals surface area contributed by atoms with Gasteiger partial charge in [0.15, 0.2) is 0 Å². The zero-order chi connectivity index (χ0) is 11.1. The molecule has 90 valence electrons. The van der Waals surface area contributed by atoms with Crippen LogP contribution in [0.3, 0.4) is 0 Å². The average Bonchev–Trinajstić information content (AvgIpc) is 2.32. The standard InChI is InChI=1S/C13H27NO/c1-4-11(5-2)10-13(14-3)12-6-8-15-9-7-12/h11-14H,4-10H2,1-3H3. The lowest BCUT2D eigenvalue weighted by Gasteiger charge is -2.32. The smallest absolute Gasteiger partial charge is 0.0469 e. The summed E-state index contributed by atoms with van der Waals surface area (Å²) in [6.07, 6.45) is 6.46. The maximum Gasteiger partial charge on any atom is 0.0469 e. The van der Waals surface area contributed by atoms with Gasteiger partial charge >= 0.3 is 0 Å². The van der Waals surface area contributed by atoms with E-state index in [9.17, 15) is 0 Å². The first kappa shape index (κ1) is 13.0. The zero-order valence-electron chi connectivity index (χ0n) is 10.6. The molecule has 1 aliphatic rings. The molecule has 1 aliphatic heterocycles. The largest absolute Gasteiger partial charge is 0.381 e. The van der Waals surface area contributed by atoms with Crippen LogP contribution in [0.5, 0.6) is 0 Å². The maximum absolute atomic E-state index is 5.42. The molecule has 0 aromatic heterocycles. The van der Waals surface area contributed by atoms with Crippen LogP contribution in [-0.2, 0) is 4.74 Å². The van der Waals surface area contributed by atoms with Gasteiger partial charge in [-0.15, -0.1) is 0 Å². The van der Waals surface area contributed by atoms with Gasteiger partial charge in [-0.25, -0.2) is 0 Å². The lowest BCUT2D eigenvalue weighted by atomic mass is 9.84. The van der Waals surface area contributed by atoms with E-state index in [1.807, 2.05) is 0 Å². The van der Waals surface area contributed by atoms with Crippen molar-refractivity contribution in [3.63, 3.8) is 0 Å². The molecule has 2 heteroatoms. The van der Waals surface area contributed by atoms with Gasteiger partial charge in [-0.1, -0.05) is 26.7 Å². The molecule has 0 saturated carbocycles. The number of rotatable bonds is 6. The molecule has 0 aliphatic carbocycles. The highest BCUT2D eigenvalue weighted by molar-refractivity contribution is 4.79. The first-order valence-corrected chi connectivity index (χ1v) is 6.56. The lowest BCUT2D eigenvalue weighted by molar-refractivity contribution is 0.0510. The molecule has 0 amide bonds. The van der Waals surface area contributed by atoms with E-state index < -0.39 is 0 Å². The molecule has 2 nitrogen and oxygen atoms in total. The van der Waals surface area contributed by atoms with Crippen LogP contribution in [0.1, 0.15) is 46.0 Å². The van der Waals surface area contributed by atoms with Crippen molar-refractivity contribution in [3.8, 4) is 0 Å². The van der Waals surface area contributed by atoms with Crippen molar-refractivity contribution >= 4 is 0 Å². The molecule has 0 radical (unpaired) electrons. The summed E-state index contributed by atoms with van der Waals surface area (Å²) < 4.78 is 5.42. The van der Waals surface area contributed by atoms with Gasteiger partial charge in [-0.3, -0.25) is 0 Å². The molecule has 0 aromatic carbocycles. The van der Waals surface area contributed by atoms with Gasteiger partial charge in [-0.05, 0) is 38.1 Å². The van der Waals surface area contributed by atoms with E-state index >= 15 is 0 Å². The Balaban J connectivity index is 2.38. The summed E-state index contributed by atoms with van der Waals surface area (Å²) in [5.41, 5.74) is 0. The minimum Gasteiger partial charge on any atom is -0.381 e. The van der Waals surface area contributed by atoms with Gasteiger partial charge in [0.1, 0.15) is 0 Å². The van der Waals surface area contributed by atoms with E-state index in [-0.39, 0.29) is 0 Å². The van der Waals surface area contributed by atoms with E-state index in [2.05, 4.69) is 26.2 Å². The van der Waals surface area contributed by atoms with Crippen LogP contribution in [0, 0.1) is 11.8 Å². The molecule has 1 atom stereocenters. The van der Waals surface area contributed by atoms with Crippen LogP contribution in [0.2, 0.25) is 0 Å². The Morgan fingerprint density at radius 3 is 2.27 bits per heavy atom. The normalized spacial score (nSPS) is 20.8. The van der Waals surface area contributed by atoms with Gasteiger partial charge in [0, 0.05) is 19.3 Å². The summed E-state index contributed by atoms with van der Waals surface area (Å²) >= 11 is 0. The summed E-state index contributed by atoms with van der Waals surface area (Å²) in [6, 6.07) is 0.707. The Kier molecular flexibility index (Phi) is 6.26. The monoisotopic (exact) mass is 213 g/mol. The van der Waals surface area contributed by atoms with E-state index in [0.717, 1.165) is 25.0 Å². The molecule has 0 aromatic rings. The molecule has 1 unspecified atom stereocenters. The van der Waals surface area contributed by atoms with E-state index in [0.29, 0.717) is 6.04 Å². The Bertz CT molecular complexity index is 151. The molecular weight excluding hydrogens is 186 g/mol. The number of ether oxygens (including phenoxy) is 1. The Labute approximate surface area is 94.8 Å². The van der Waals surface area contributed by atoms with Crippen LogP contribution in [0.15, 0.2) is 0 Å². The van der Waals surface area contributed by atoms with Gasteiger partial charge in [0.05, 0.1) is 0 Å². The third-order valence-electron chi connectivity index (χ3n) is 3.95. The summed E-state index contributed by atoms with van der Waals surface area (Å²) in [4.78, 5) is 0. The highest BCUT2D eigenvalue weighted by Crippen LogP contribution is 2.25. The second kappa shape index (κ2) is 7.24. The highest BCUT2D eigenvalue weighted by Gasteiger charge is 2.24. The van der Waals surface area contributed by atoms with Crippen LogP contribution < -0.4 is 5.32 Å². The van der Waals surface area contributed by atoms with Gasteiger partial charge in [0.25, 0.3) is 0 Å². The molecular formula is C13H27NO. The second-order valence-electron chi connectivity index (χ2n) is 4.76. The third kappa shape index (κ3) is 4.12. The topological polar surface area (TPSA) is 21.3 Å². The van der Waals surface area contributed by atoms with Crippen LogP contribution in [-0.4, -0.2) is 26.3 Å². The molecule has 1 saturated heterocycles. The predicted octanol–water partition coefficient (Wildman–Crippen LogP) is 2.83. The van der Waals surface area contributed by atoms with E-state index in [4.69, 9.17) is 4.74 Å². The van der Waals surface area contributed by atoms with Crippen molar-refractivity contribution in [2.24, 2.45) is 11.8 Å². The summed E-state index contributed by atoms with van der Waals surface area (Å²) in [5.74, 6) is 1.73. The van der Waals surface area contributed by atoms with Crippen molar-refractivity contribution in [1.29, 1.82) is 0 Å². The summed E-state index contributed by atoms with van der Waals surface area (Å²) in [6.45, 7) is 6.55. The van der Waals surface area contributed by atoms with Crippen molar-refractivity contribution < 1.29 is 4.74 Å². The molecule has 1 fully saturated rings. The predicted molar refractivity (Wildman–Crippen MR) is 65.1 cm³/mol. The van der Waals surface area contributed by atoms with E-state index in [1.165, 1.54) is 32.1 Å². The first-order chi connectivity index (χ1) is 7.31.